The van der Waals surface area contributed by atoms with Crippen molar-refractivity contribution in [3.63, 3.8) is 0 Å². The Morgan fingerprint density at radius 1 is 1.24 bits per heavy atom. The number of alkyl halides is 3. The van der Waals surface area contributed by atoms with Gasteiger partial charge in [-0.25, -0.2) is 4.98 Å². The normalized spacial score (nSPS) is 11.5. The summed E-state index contributed by atoms with van der Waals surface area (Å²) in [7, 11) is 0. The molecule has 1 heterocycles. The highest BCUT2D eigenvalue weighted by Crippen LogP contribution is 2.29. The molecule has 0 amide bonds. The Morgan fingerprint density at radius 2 is 1.88 bits per heavy atom. The van der Waals surface area contributed by atoms with Gasteiger partial charge in [0.25, 0.3) is 12.1 Å². The molecule has 0 unspecified atom stereocenters. The number of aromatic nitrogens is 3. The molecule has 17 heavy (non-hydrogen) atoms. The Bertz CT molecular complexity index is 517. The molecule has 0 atom stereocenters. The maximum atomic E-state index is 12.3. The molecule has 4 nitrogen and oxygen atoms in total. The second-order valence-electron chi connectivity index (χ2n) is 3.29. The summed E-state index contributed by atoms with van der Waals surface area (Å²) in [6.07, 6.45) is -3.13. The number of ketones is 1. The van der Waals surface area contributed by atoms with Crippen LogP contribution in [-0.2, 0) is 6.18 Å². The quantitative estimate of drug-likeness (QED) is 0.811. The summed E-state index contributed by atoms with van der Waals surface area (Å²) in [4.78, 5) is 14.2. The van der Waals surface area contributed by atoms with E-state index in [0.29, 0.717) is 0 Å². The summed E-state index contributed by atoms with van der Waals surface area (Å²) in [5.74, 6) is -0.332. The number of halogens is 3. The predicted octanol–water partition coefficient (Wildman–Crippen LogP) is 1.47. The van der Waals surface area contributed by atoms with Crippen LogP contribution in [0.5, 0.6) is 0 Å². The molecule has 0 bridgehead atoms. The van der Waals surface area contributed by atoms with Crippen molar-refractivity contribution in [2.75, 3.05) is 0 Å². The van der Waals surface area contributed by atoms with Crippen molar-refractivity contribution in [3.05, 3.63) is 47.5 Å². The zero-order valence-electron chi connectivity index (χ0n) is 8.38. The van der Waals surface area contributed by atoms with Crippen molar-refractivity contribution >= 4 is 5.78 Å². The standard InChI is InChI=1S/C10H6F3N3O/c11-10(12,13)7-3-1-6(2-4-7)8(17)9-14-5-15-16-9/h1-5H,(H,14,15,16)/p+1. The Labute approximate surface area is 93.5 Å². The smallest absolute Gasteiger partial charge is 0.282 e. The van der Waals surface area contributed by atoms with Crippen LogP contribution in [0.3, 0.4) is 0 Å². The molecule has 0 saturated carbocycles. The lowest BCUT2D eigenvalue weighted by atomic mass is 10.1. The highest BCUT2D eigenvalue weighted by molar-refractivity contribution is 6.05. The van der Waals surface area contributed by atoms with E-state index in [2.05, 4.69) is 15.2 Å². The number of carbonyl (C=O) groups is 1. The lowest BCUT2D eigenvalue weighted by Gasteiger charge is -2.05. The van der Waals surface area contributed by atoms with Gasteiger partial charge < -0.3 is 0 Å². The lowest BCUT2D eigenvalue weighted by Crippen LogP contribution is -2.15. The molecule has 1 aromatic carbocycles. The number of benzene rings is 1. The summed E-state index contributed by atoms with van der Waals surface area (Å²) >= 11 is 0. The first-order valence-electron chi connectivity index (χ1n) is 4.61. The minimum Gasteiger partial charge on any atom is -0.282 e. The third kappa shape index (κ3) is 2.32. The number of H-pyrrole nitrogens is 2. The molecule has 1 aromatic heterocycles. The van der Waals surface area contributed by atoms with Gasteiger partial charge in [0.1, 0.15) is 0 Å². The van der Waals surface area contributed by atoms with E-state index >= 15 is 0 Å². The molecule has 2 aromatic rings. The van der Waals surface area contributed by atoms with E-state index in [1.165, 1.54) is 6.33 Å². The summed E-state index contributed by atoms with van der Waals surface area (Å²) in [5, 5.41) is 5.95. The molecular weight excluding hydrogens is 235 g/mol. The van der Waals surface area contributed by atoms with Crippen molar-refractivity contribution in [2.45, 2.75) is 6.18 Å². The van der Waals surface area contributed by atoms with E-state index in [0.717, 1.165) is 24.3 Å². The topological polar surface area (TPSA) is 59.9 Å². The van der Waals surface area contributed by atoms with Crippen molar-refractivity contribution in [1.29, 1.82) is 0 Å². The van der Waals surface area contributed by atoms with Gasteiger partial charge in [0.2, 0.25) is 0 Å². The average molecular weight is 242 g/mol. The monoisotopic (exact) mass is 242 g/mol. The van der Waals surface area contributed by atoms with Crippen LogP contribution in [0, 0.1) is 0 Å². The highest BCUT2D eigenvalue weighted by atomic mass is 19.4. The third-order valence-corrected chi connectivity index (χ3v) is 2.15. The molecule has 2 rings (SSSR count). The summed E-state index contributed by atoms with van der Waals surface area (Å²) in [6, 6.07) is 3.98. The first-order valence-corrected chi connectivity index (χ1v) is 4.61. The number of rotatable bonds is 2. The van der Waals surface area contributed by atoms with Crippen molar-refractivity contribution < 1.29 is 22.9 Å². The van der Waals surface area contributed by atoms with Crippen LogP contribution in [0.2, 0.25) is 0 Å². The van der Waals surface area contributed by atoms with Gasteiger partial charge in [-0.3, -0.25) is 4.79 Å². The fourth-order valence-electron chi connectivity index (χ4n) is 1.30. The van der Waals surface area contributed by atoms with Gasteiger partial charge in [-0.15, -0.1) is 5.10 Å². The van der Waals surface area contributed by atoms with Crippen molar-refractivity contribution in [1.82, 2.24) is 10.2 Å². The van der Waals surface area contributed by atoms with Crippen LogP contribution in [0.1, 0.15) is 21.7 Å². The number of nitrogens with zero attached hydrogens (tertiary/aromatic N) is 1. The largest absolute Gasteiger partial charge is 0.416 e. The first-order chi connectivity index (χ1) is 7.98. The number of hydrogen-bond acceptors (Lipinski definition) is 2. The van der Waals surface area contributed by atoms with Crippen LogP contribution in [0.25, 0.3) is 0 Å². The SMILES string of the molecule is O=C(c1ccc(C(F)(F)F)cc1)c1[nH]nc[nH+]1. The van der Waals surface area contributed by atoms with E-state index in [9.17, 15) is 18.0 Å². The molecular formula is C10H7F3N3O+. The van der Waals surface area contributed by atoms with Crippen LogP contribution >= 0.6 is 0 Å². The molecule has 0 aliphatic rings. The Kier molecular flexibility index (Phi) is 2.66. The van der Waals surface area contributed by atoms with Gasteiger partial charge in [0.15, 0.2) is 0 Å². The molecule has 7 heteroatoms. The third-order valence-electron chi connectivity index (χ3n) is 2.15. The number of carbonyl (C=O) groups excluding carboxylic acids is 1. The summed E-state index contributed by atoms with van der Waals surface area (Å²) in [6.45, 7) is 0. The maximum Gasteiger partial charge on any atom is 0.416 e. The van der Waals surface area contributed by atoms with Crippen LogP contribution in [0.15, 0.2) is 30.6 Å². The fourth-order valence-corrected chi connectivity index (χ4v) is 1.30. The zero-order chi connectivity index (χ0) is 12.5. The van der Waals surface area contributed by atoms with E-state index < -0.39 is 17.5 Å². The van der Waals surface area contributed by atoms with Gasteiger partial charge in [-0.2, -0.15) is 13.2 Å². The fraction of sp³-hybridized carbons (Fsp3) is 0.100. The minimum absolute atomic E-state index is 0.116. The van der Waals surface area contributed by atoms with Gasteiger partial charge in [-0.05, 0) is 12.1 Å². The molecule has 0 aliphatic carbocycles. The molecule has 0 saturated heterocycles. The van der Waals surface area contributed by atoms with Gasteiger partial charge in [-0.1, -0.05) is 12.1 Å². The minimum atomic E-state index is -4.40. The second kappa shape index (κ2) is 4.00. The molecule has 0 aliphatic heterocycles. The van der Waals surface area contributed by atoms with Crippen molar-refractivity contribution in [3.8, 4) is 0 Å². The summed E-state index contributed by atoms with van der Waals surface area (Å²) in [5.41, 5.74) is -0.638. The number of hydrogen-bond donors (Lipinski definition) is 1. The second-order valence-corrected chi connectivity index (χ2v) is 3.29. The Hall–Kier alpha value is -2.18. The van der Waals surface area contributed by atoms with E-state index in [-0.39, 0.29) is 11.4 Å². The first kappa shape index (κ1) is 11.3. The molecule has 0 spiro atoms. The van der Waals surface area contributed by atoms with Gasteiger partial charge in [0, 0.05) is 10.7 Å². The lowest BCUT2D eigenvalue weighted by molar-refractivity contribution is -0.381. The van der Waals surface area contributed by atoms with Crippen LogP contribution < -0.4 is 4.98 Å². The van der Waals surface area contributed by atoms with Crippen LogP contribution in [0.4, 0.5) is 13.2 Å². The molecule has 2 N–H and O–H groups in total. The average Bonchev–Trinajstić information content (AvgIpc) is 2.80. The highest BCUT2D eigenvalue weighted by Gasteiger charge is 2.30. The van der Waals surface area contributed by atoms with E-state index in [1.54, 1.807) is 0 Å². The van der Waals surface area contributed by atoms with Crippen molar-refractivity contribution in [2.24, 2.45) is 0 Å². The molecule has 0 radical (unpaired) electrons. The number of aromatic amines is 2. The van der Waals surface area contributed by atoms with Gasteiger partial charge >= 0.3 is 12.0 Å². The number of nitrogens with one attached hydrogen (secondary N) is 2. The molecule has 0 fully saturated rings. The Morgan fingerprint density at radius 3 is 2.35 bits per heavy atom. The Balaban J connectivity index is 2.28. The zero-order valence-corrected chi connectivity index (χ0v) is 8.38. The van der Waals surface area contributed by atoms with Gasteiger partial charge in [0.05, 0.1) is 5.56 Å². The molecule has 88 valence electrons. The summed E-state index contributed by atoms with van der Waals surface area (Å²) < 4.78 is 36.9. The maximum absolute atomic E-state index is 12.3. The predicted molar refractivity (Wildman–Crippen MR) is 50.0 cm³/mol. The van der Waals surface area contributed by atoms with Crippen LogP contribution in [-0.4, -0.2) is 16.0 Å². The van der Waals surface area contributed by atoms with E-state index in [1.807, 2.05) is 0 Å². The van der Waals surface area contributed by atoms with E-state index in [4.69, 9.17) is 0 Å².